The first-order valence-corrected chi connectivity index (χ1v) is 4.23. The lowest BCUT2D eigenvalue weighted by Gasteiger charge is -2.08. The van der Waals surface area contributed by atoms with Crippen LogP contribution in [-0.4, -0.2) is 18.4 Å². The summed E-state index contributed by atoms with van der Waals surface area (Å²) < 4.78 is 17.0. The van der Waals surface area contributed by atoms with E-state index < -0.39 is 0 Å². The fourth-order valence-corrected chi connectivity index (χ4v) is 0.996. The number of hydrogen-bond donors (Lipinski definition) is 1. The van der Waals surface area contributed by atoms with Crippen molar-refractivity contribution in [1.82, 2.24) is 0 Å². The highest BCUT2D eigenvalue weighted by Crippen LogP contribution is 2.25. The van der Waals surface area contributed by atoms with E-state index in [1.165, 1.54) is 0 Å². The summed E-state index contributed by atoms with van der Waals surface area (Å²) in [4.78, 5) is 0. The van der Waals surface area contributed by atoms with Crippen molar-refractivity contribution in [3.63, 3.8) is 0 Å². The van der Waals surface area contributed by atoms with E-state index in [2.05, 4.69) is 0 Å². The first kappa shape index (κ1) is 9.84. The zero-order valence-electron chi connectivity index (χ0n) is 7.59. The lowest BCUT2D eigenvalue weighted by Crippen LogP contribution is -1.99. The molecule has 0 aliphatic heterocycles. The SMILES string of the molecule is Cc1c(O)cccc1OCCCF. The van der Waals surface area contributed by atoms with Crippen LogP contribution in [0.5, 0.6) is 11.5 Å². The minimum absolute atomic E-state index is 0.206. The molecule has 0 unspecified atom stereocenters. The van der Waals surface area contributed by atoms with Crippen molar-refractivity contribution < 1.29 is 14.2 Å². The van der Waals surface area contributed by atoms with E-state index in [0.717, 1.165) is 0 Å². The highest BCUT2D eigenvalue weighted by molar-refractivity contribution is 5.42. The molecule has 13 heavy (non-hydrogen) atoms. The van der Waals surface area contributed by atoms with Gasteiger partial charge in [-0.15, -0.1) is 0 Å². The van der Waals surface area contributed by atoms with Crippen LogP contribution in [0.15, 0.2) is 18.2 Å². The van der Waals surface area contributed by atoms with Crippen LogP contribution >= 0.6 is 0 Å². The van der Waals surface area contributed by atoms with Crippen LogP contribution in [0.25, 0.3) is 0 Å². The fraction of sp³-hybridized carbons (Fsp3) is 0.400. The van der Waals surface area contributed by atoms with Crippen molar-refractivity contribution in [3.8, 4) is 11.5 Å². The molecular weight excluding hydrogens is 171 g/mol. The summed E-state index contributed by atoms with van der Waals surface area (Å²) in [5.74, 6) is 0.825. The van der Waals surface area contributed by atoms with Gasteiger partial charge >= 0.3 is 0 Å². The molecule has 1 aromatic rings. The summed E-state index contributed by atoms with van der Waals surface area (Å²) in [6.07, 6.45) is 0.384. The highest BCUT2D eigenvalue weighted by atomic mass is 19.1. The predicted molar refractivity (Wildman–Crippen MR) is 48.9 cm³/mol. The van der Waals surface area contributed by atoms with Crippen molar-refractivity contribution in [2.75, 3.05) is 13.3 Å². The lowest BCUT2D eigenvalue weighted by atomic mass is 10.2. The topological polar surface area (TPSA) is 29.5 Å². The van der Waals surface area contributed by atoms with Gasteiger partial charge in [0.15, 0.2) is 0 Å². The first-order chi connectivity index (χ1) is 6.25. The third-order valence-corrected chi connectivity index (χ3v) is 1.79. The van der Waals surface area contributed by atoms with E-state index in [1.54, 1.807) is 25.1 Å². The molecule has 0 saturated heterocycles. The fourth-order valence-electron chi connectivity index (χ4n) is 0.996. The van der Waals surface area contributed by atoms with Crippen molar-refractivity contribution in [2.24, 2.45) is 0 Å². The van der Waals surface area contributed by atoms with E-state index in [4.69, 9.17) is 4.74 Å². The lowest BCUT2D eigenvalue weighted by molar-refractivity contribution is 0.286. The van der Waals surface area contributed by atoms with Gasteiger partial charge in [0.2, 0.25) is 0 Å². The van der Waals surface area contributed by atoms with Gasteiger partial charge in [0, 0.05) is 12.0 Å². The Bertz CT molecular complexity index is 274. The molecule has 0 aliphatic carbocycles. The molecule has 0 atom stereocenters. The minimum Gasteiger partial charge on any atom is -0.508 e. The molecule has 0 spiro atoms. The van der Waals surface area contributed by atoms with Crippen LogP contribution in [0.1, 0.15) is 12.0 Å². The van der Waals surface area contributed by atoms with Crippen LogP contribution in [0.3, 0.4) is 0 Å². The van der Waals surface area contributed by atoms with Gasteiger partial charge in [-0.1, -0.05) is 6.07 Å². The zero-order chi connectivity index (χ0) is 9.68. The van der Waals surface area contributed by atoms with Crippen molar-refractivity contribution in [1.29, 1.82) is 0 Å². The molecule has 72 valence electrons. The highest BCUT2D eigenvalue weighted by Gasteiger charge is 2.02. The van der Waals surface area contributed by atoms with Crippen LogP contribution in [0, 0.1) is 6.92 Å². The molecule has 1 N–H and O–H groups in total. The number of aromatic hydroxyl groups is 1. The maximum absolute atomic E-state index is 11.7. The summed E-state index contributed by atoms with van der Waals surface area (Å²) in [6.45, 7) is 1.73. The summed E-state index contributed by atoms with van der Waals surface area (Å²) >= 11 is 0. The largest absolute Gasteiger partial charge is 0.508 e. The van der Waals surface area contributed by atoms with Gasteiger partial charge in [-0.25, -0.2) is 0 Å². The van der Waals surface area contributed by atoms with E-state index >= 15 is 0 Å². The van der Waals surface area contributed by atoms with Crippen LogP contribution in [0.2, 0.25) is 0 Å². The number of phenols is 1. The summed E-state index contributed by atoms with van der Waals surface area (Å²) in [7, 11) is 0. The van der Waals surface area contributed by atoms with Gasteiger partial charge in [-0.2, -0.15) is 0 Å². The summed E-state index contributed by atoms with van der Waals surface area (Å²) in [5, 5.41) is 9.30. The number of ether oxygens (including phenoxy) is 1. The smallest absolute Gasteiger partial charge is 0.125 e. The van der Waals surface area contributed by atoms with Crippen molar-refractivity contribution in [2.45, 2.75) is 13.3 Å². The number of benzene rings is 1. The Morgan fingerprint density at radius 3 is 2.92 bits per heavy atom. The maximum Gasteiger partial charge on any atom is 0.125 e. The van der Waals surface area contributed by atoms with Crippen LogP contribution < -0.4 is 4.74 Å². The number of phenolic OH excluding ortho intramolecular Hbond substituents is 1. The Kier molecular flexibility index (Phi) is 3.55. The van der Waals surface area contributed by atoms with Gasteiger partial charge < -0.3 is 9.84 Å². The molecular formula is C10H13FO2. The molecule has 0 aliphatic rings. The molecule has 0 fully saturated rings. The van der Waals surface area contributed by atoms with Gasteiger partial charge in [0.1, 0.15) is 11.5 Å². The average Bonchev–Trinajstić information content (AvgIpc) is 2.13. The number of alkyl halides is 1. The number of hydrogen-bond acceptors (Lipinski definition) is 2. The van der Waals surface area contributed by atoms with E-state index in [9.17, 15) is 9.50 Å². The van der Waals surface area contributed by atoms with Gasteiger partial charge in [0.25, 0.3) is 0 Å². The molecule has 0 aromatic heterocycles. The third-order valence-electron chi connectivity index (χ3n) is 1.79. The molecule has 0 radical (unpaired) electrons. The Labute approximate surface area is 77.0 Å². The number of rotatable bonds is 4. The zero-order valence-corrected chi connectivity index (χ0v) is 7.59. The summed E-state index contributed by atoms with van der Waals surface area (Å²) in [6, 6.07) is 5.05. The third kappa shape index (κ3) is 2.61. The quantitative estimate of drug-likeness (QED) is 0.728. The molecule has 1 rings (SSSR count). The standard InChI is InChI=1S/C10H13FO2/c1-8-9(12)4-2-5-10(8)13-7-3-6-11/h2,4-5,12H,3,6-7H2,1H3. The normalized spacial score (nSPS) is 10.0. The van der Waals surface area contributed by atoms with Gasteiger partial charge in [0.05, 0.1) is 13.3 Å². The van der Waals surface area contributed by atoms with Crippen LogP contribution in [-0.2, 0) is 0 Å². The average molecular weight is 184 g/mol. The molecule has 0 saturated carbocycles. The number of halogens is 1. The maximum atomic E-state index is 11.7. The van der Waals surface area contributed by atoms with E-state index in [1.807, 2.05) is 0 Å². The Morgan fingerprint density at radius 2 is 2.23 bits per heavy atom. The molecule has 3 heteroatoms. The second kappa shape index (κ2) is 4.70. The molecule has 0 bridgehead atoms. The molecule has 0 amide bonds. The Balaban J connectivity index is 2.61. The molecule has 2 nitrogen and oxygen atoms in total. The van der Waals surface area contributed by atoms with Crippen LogP contribution in [0.4, 0.5) is 4.39 Å². The molecule has 0 heterocycles. The van der Waals surface area contributed by atoms with E-state index in [0.29, 0.717) is 24.3 Å². The second-order valence-corrected chi connectivity index (χ2v) is 2.79. The van der Waals surface area contributed by atoms with E-state index in [-0.39, 0.29) is 12.4 Å². The minimum atomic E-state index is -0.377. The van der Waals surface area contributed by atoms with Crippen molar-refractivity contribution in [3.05, 3.63) is 23.8 Å². The monoisotopic (exact) mass is 184 g/mol. The first-order valence-electron chi connectivity index (χ1n) is 4.23. The van der Waals surface area contributed by atoms with Crippen molar-refractivity contribution >= 4 is 0 Å². The van der Waals surface area contributed by atoms with Gasteiger partial charge in [-0.05, 0) is 19.1 Å². The predicted octanol–water partition coefficient (Wildman–Crippen LogP) is 2.44. The summed E-state index contributed by atoms with van der Waals surface area (Å²) in [5.41, 5.74) is 0.696. The second-order valence-electron chi connectivity index (χ2n) is 2.79. The Morgan fingerprint density at radius 1 is 1.46 bits per heavy atom. The molecule has 1 aromatic carbocycles. The Hall–Kier alpha value is -1.25. The van der Waals surface area contributed by atoms with Gasteiger partial charge in [-0.3, -0.25) is 4.39 Å².